The molecule has 0 amide bonds. The Morgan fingerprint density at radius 3 is 2.62 bits per heavy atom. The topological polar surface area (TPSA) is 21.3 Å². The predicted octanol–water partition coefficient (Wildman–Crippen LogP) is 4.41. The summed E-state index contributed by atoms with van der Waals surface area (Å²) < 4.78 is 20.4. The van der Waals surface area contributed by atoms with Gasteiger partial charge >= 0.3 is 0 Å². The van der Waals surface area contributed by atoms with Crippen molar-refractivity contribution in [3.63, 3.8) is 0 Å². The highest BCUT2D eigenvalue weighted by Gasteiger charge is 2.18. The molecule has 0 radical (unpaired) electrons. The fourth-order valence-corrected chi connectivity index (χ4v) is 2.73. The third kappa shape index (κ3) is 3.63. The van der Waals surface area contributed by atoms with Crippen molar-refractivity contribution in [2.75, 3.05) is 14.2 Å². The smallest absolute Gasteiger partial charge is 0.126 e. The van der Waals surface area contributed by atoms with Crippen LogP contribution < -0.4 is 10.1 Å². The molecule has 0 spiro atoms. The average molecular weight is 352 g/mol. The van der Waals surface area contributed by atoms with Gasteiger partial charge in [-0.25, -0.2) is 4.39 Å². The summed E-state index contributed by atoms with van der Waals surface area (Å²) >= 11 is 3.55. The van der Waals surface area contributed by atoms with Gasteiger partial charge in [0.1, 0.15) is 11.6 Å². The van der Waals surface area contributed by atoms with Gasteiger partial charge in [-0.2, -0.15) is 0 Å². The van der Waals surface area contributed by atoms with Crippen LogP contribution in [0.1, 0.15) is 22.7 Å². The summed E-state index contributed by atoms with van der Waals surface area (Å²) in [4.78, 5) is 0. The minimum absolute atomic E-state index is 0.0197. The maximum atomic E-state index is 13.9. The Labute approximate surface area is 133 Å². The lowest BCUT2D eigenvalue weighted by Gasteiger charge is -2.21. The van der Waals surface area contributed by atoms with E-state index in [0.717, 1.165) is 21.3 Å². The highest BCUT2D eigenvalue weighted by atomic mass is 79.9. The van der Waals surface area contributed by atoms with Crippen molar-refractivity contribution < 1.29 is 9.13 Å². The summed E-state index contributed by atoms with van der Waals surface area (Å²) in [5.41, 5.74) is 2.81. The normalized spacial score (nSPS) is 12.2. The molecule has 1 unspecified atom stereocenters. The van der Waals surface area contributed by atoms with Crippen molar-refractivity contribution in [2.24, 2.45) is 0 Å². The van der Waals surface area contributed by atoms with Gasteiger partial charge in [-0.3, -0.25) is 0 Å². The number of methoxy groups -OCH3 is 1. The maximum Gasteiger partial charge on any atom is 0.126 e. The van der Waals surface area contributed by atoms with E-state index in [1.165, 1.54) is 6.07 Å². The first-order valence-corrected chi connectivity index (χ1v) is 7.60. The van der Waals surface area contributed by atoms with Gasteiger partial charge in [-0.05, 0) is 49.7 Å². The van der Waals surface area contributed by atoms with Crippen molar-refractivity contribution in [1.82, 2.24) is 5.32 Å². The molecule has 0 aromatic heterocycles. The van der Waals surface area contributed by atoms with Crippen LogP contribution in [0.5, 0.6) is 5.75 Å². The number of likely N-dealkylation sites (N-methyl/N-ethyl adjacent to an activating group) is 1. The van der Waals surface area contributed by atoms with E-state index in [9.17, 15) is 4.39 Å². The SMILES string of the molecule is CNC(Cc1ccccc1F)c1cc(Br)c(C)cc1OC. The molecule has 112 valence electrons. The number of ether oxygens (including phenoxy) is 1. The second kappa shape index (κ2) is 7.05. The van der Waals surface area contributed by atoms with E-state index in [4.69, 9.17) is 4.74 Å². The summed E-state index contributed by atoms with van der Waals surface area (Å²) in [7, 11) is 3.53. The number of benzene rings is 2. The van der Waals surface area contributed by atoms with Crippen LogP contribution in [0.2, 0.25) is 0 Å². The molecule has 0 aliphatic carbocycles. The molecule has 21 heavy (non-hydrogen) atoms. The van der Waals surface area contributed by atoms with Gasteiger partial charge in [0.25, 0.3) is 0 Å². The summed E-state index contributed by atoms with van der Waals surface area (Å²) in [5.74, 6) is 0.634. The number of halogens is 2. The van der Waals surface area contributed by atoms with E-state index in [2.05, 4.69) is 21.2 Å². The lowest BCUT2D eigenvalue weighted by Crippen LogP contribution is -2.20. The molecule has 0 saturated carbocycles. The van der Waals surface area contributed by atoms with E-state index < -0.39 is 0 Å². The molecule has 0 aliphatic heterocycles. The van der Waals surface area contributed by atoms with Crippen LogP contribution in [-0.4, -0.2) is 14.2 Å². The number of hydrogen-bond acceptors (Lipinski definition) is 2. The number of aryl methyl sites for hydroxylation is 1. The van der Waals surface area contributed by atoms with Gasteiger partial charge in [0.05, 0.1) is 7.11 Å². The Kier molecular flexibility index (Phi) is 5.37. The second-order valence-electron chi connectivity index (χ2n) is 4.98. The van der Waals surface area contributed by atoms with Gasteiger partial charge in [0.15, 0.2) is 0 Å². The van der Waals surface area contributed by atoms with E-state index in [1.54, 1.807) is 13.2 Å². The maximum absolute atomic E-state index is 13.9. The molecule has 0 saturated heterocycles. The van der Waals surface area contributed by atoms with Crippen LogP contribution in [0.3, 0.4) is 0 Å². The minimum atomic E-state index is -0.178. The van der Waals surface area contributed by atoms with E-state index >= 15 is 0 Å². The van der Waals surface area contributed by atoms with E-state index in [0.29, 0.717) is 12.0 Å². The van der Waals surface area contributed by atoms with Crippen molar-refractivity contribution in [3.8, 4) is 5.75 Å². The molecule has 2 rings (SSSR count). The minimum Gasteiger partial charge on any atom is -0.496 e. The average Bonchev–Trinajstić information content (AvgIpc) is 2.49. The van der Waals surface area contributed by atoms with Crippen molar-refractivity contribution in [3.05, 3.63) is 63.4 Å². The van der Waals surface area contributed by atoms with Crippen LogP contribution in [-0.2, 0) is 6.42 Å². The predicted molar refractivity (Wildman–Crippen MR) is 87.3 cm³/mol. The fraction of sp³-hybridized carbons (Fsp3) is 0.294. The van der Waals surface area contributed by atoms with Crippen LogP contribution in [0.15, 0.2) is 40.9 Å². The van der Waals surface area contributed by atoms with Gasteiger partial charge in [-0.1, -0.05) is 34.1 Å². The van der Waals surface area contributed by atoms with Crippen molar-refractivity contribution in [2.45, 2.75) is 19.4 Å². The van der Waals surface area contributed by atoms with Crippen LogP contribution in [0.4, 0.5) is 4.39 Å². The molecule has 0 heterocycles. The molecule has 0 fully saturated rings. The van der Waals surface area contributed by atoms with Gasteiger partial charge in [0.2, 0.25) is 0 Å². The molecule has 0 aliphatic rings. The summed E-state index contributed by atoms with van der Waals surface area (Å²) in [5, 5.41) is 3.25. The molecule has 2 aromatic rings. The van der Waals surface area contributed by atoms with Crippen molar-refractivity contribution in [1.29, 1.82) is 0 Å². The fourth-order valence-electron chi connectivity index (χ4n) is 2.37. The Morgan fingerprint density at radius 1 is 1.29 bits per heavy atom. The molecule has 2 aromatic carbocycles. The Hall–Kier alpha value is -1.39. The third-order valence-corrected chi connectivity index (χ3v) is 4.47. The highest BCUT2D eigenvalue weighted by Crippen LogP contribution is 2.33. The second-order valence-corrected chi connectivity index (χ2v) is 5.83. The highest BCUT2D eigenvalue weighted by molar-refractivity contribution is 9.10. The molecule has 4 heteroatoms. The zero-order chi connectivity index (χ0) is 15.4. The Morgan fingerprint density at radius 2 is 2.00 bits per heavy atom. The lowest BCUT2D eigenvalue weighted by molar-refractivity contribution is 0.400. The molecule has 0 bridgehead atoms. The summed E-state index contributed by atoms with van der Waals surface area (Å²) in [6, 6.07) is 10.9. The number of nitrogens with one attached hydrogen (secondary N) is 1. The molecular weight excluding hydrogens is 333 g/mol. The Balaban J connectivity index is 2.38. The quantitative estimate of drug-likeness (QED) is 0.861. The molecular formula is C17H19BrFNO. The molecule has 1 N–H and O–H groups in total. The lowest BCUT2D eigenvalue weighted by atomic mass is 9.97. The van der Waals surface area contributed by atoms with E-state index in [-0.39, 0.29) is 11.9 Å². The van der Waals surface area contributed by atoms with Gasteiger partial charge in [-0.15, -0.1) is 0 Å². The van der Waals surface area contributed by atoms with Crippen LogP contribution in [0.25, 0.3) is 0 Å². The first kappa shape index (κ1) is 16.0. The summed E-state index contributed by atoms with van der Waals surface area (Å²) in [6.45, 7) is 2.02. The van der Waals surface area contributed by atoms with Crippen LogP contribution >= 0.6 is 15.9 Å². The van der Waals surface area contributed by atoms with Gasteiger partial charge < -0.3 is 10.1 Å². The zero-order valence-corrected chi connectivity index (χ0v) is 14.0. The first-order valence-electron chi connectivity index (χ1n) is 6.81. The molecule has 2 nitrogen and oxygen atoms in total. The van der Waals surface area contributed by atoms with Crippen LogP contribution in [0, 0.1) is 12.7 Å². The van der Waals surface area contributed by atoms with E-state index in [1.807, 2.05) is 38.2 Å². The zero-order valence-electron chi connectivity index (χ0n) is 12.4. The summed E-state index contributed by atoms with van der Waals surface area (Å²) in [6.07, 6.45) is 0.565. The largest absolute Gasteiger partial charge is 0.496 e. The first-order chi connectivity index (χ1) is 10.1. The number of hydrogen-bond donors (Lipinski definition) is 1. The Bertz CT molecular complexity index is 630. The number of rotatable bonds is 5. The monoisotopic (exact) mass is 351 g/mol. The van der Waals surface area contributed by atoms with Gasteiger partial charge in [0, 0.05) is 16.1 Å². The third-order valence-electron chi connectivity index (χ3n) is 3.62. The standard InChI is InChI=1S/C17H19BrFNO/c1-11-8-17(21-3)13(10-14(11)18)16(20-2)9-12-6-4-5-7-15(12)19/h4-8,10,16,20H,9H2,1-3H3. The van der Waals surface area contributed by atoms with Crippen molar-refractivity contribution >= 4 is 15.9 Å². The molecule has 1 atom stereocenters.